The smallest absolute Gasteiger partial charge is 0.315 e. The van der Waals surface area contributed by atoms with E-state index in [0.29, 0.717) is 28.0 Å². The summed E-state index contributed by atoms with van der Waals surface area (Å²) in [4.78, 5) is 40.5. The van der Waals surface area contributed by atoms with Gasteiger partial charge in [-0.3, -0.25) is 14.6 Å². The van der Waals surface area contributed by atoms with E-state index in [0.717, 1.165) is 6.08 Å². The van der Waals surface area contributed by atoms with Crippen molar-refractivity contribution in [2.24, 2.45) is 10.9 Å². The van der Waals surface area contributed by atoms with Crippen molar-refractivity contribution < 1.29 is 23.7 Å². The summed E-state index contributed by atoms with van der Waals surface area (Å²) in [6, 6.07) is 5.19. The number of benzene rings is 1. The minimum atomic E-state index is -0.838. The summed E-state index contributed by atoms with van der Waals surface area (Å²) >= 11 is 0. The van der Waals surface area contributed by atoms with Crippen molar-refractivity contribution >= 4 is 34.4 Å². The van der Waals surface area contributed by atoms with Crippen molar-refractivity contribution in [3.8, 4) is 0 Å². The number of ketones is 1. The van der Waals surface area contributed by atoms with Crippen molar-refractivity contribution in [2.45, 2.75) is 26.7 Å². The summed E-state index contributed by atoms with van der Waals surface area (Å²) in [7, 11) is 0. The van der Waals surface area contributed by atoms with E-state index in [1.165, 1.54) is 5.94 Å². The maximum Gasteiger partial charge on any atom is 0.315 e. The average molecular weight is 367 g/mol. The van der Waals surface area contributed by atoms with Crippen LogP contribution in [0.25, 0.3) is 11.0 Å². The first-order valence-corrected chi connectivity index (χ1v) is 8.38. The van der Waals surface area contributed by atoms with Gasteiger partial charge >= 0.3 is 5.97 Å². The lowest BCUT2D eigenvalue weighted by Gasteiger charge is -2.31. The lowest BCUT2D eigenvalue weighted by Crippen LogP contribution is -2.36. The van der Waals surface area contributed by atoms with Crippen LogP contribution in [-0.2, 0) is 19.1 Å². The van der Waals surface area contributed by atoms with E-state index in [2.05, 4.69) is 15.3 Å². The summed E-state index contributed by atoms with van der Waals surface area (Å²) in [6.07, 6.45) is 0.797. The van der Waals surface area contributed by atoms with E-state index < -0.39 is 23.6 Å². The number of ether oxygens (including phenoxy) is 1. The minimum absolute atomic E-state index is 0.186. The predicted molar refractivity (Wildman–Crippen MR) is 95.7 cm³/mol. The van der Waals surface area contributed by atoms with E-state index in [4.69, 9.17) is 9.37 Å². The number of carbonyl (C=O) groups excluding carboxylic acids is 3. The molecule has 1 aromatic heterocycles. The van der Waals surface area contributed by atoms with Crippen LogP contribution in [0.4, 0.5) is 0 Å². The Morgan fingerprint density at radius 3 is 2.78 bits per heavy atom. The van der Waals surface area contributed by atoms with E-state index in [9.17, 15) is 14.4 Å². The van der Waals surface area contributed by atoms with Gasteiger partial charge in [-0.1, -0.05) is 12.1 Å². The van der Waals surface area contributed by atoms with Crippen molar-refractivity contribution in [1.29, 1.82) is 0 Å². The van der Waals surface area contributed by atoms with Gasteiger partial charge in [-0.2, -0.15) is 0 Å². The molecule has 1 aliphatic rings. The van der Waals surface area contributed by atoms with Gasteiger partial charge in [0, 0.05) is 22.9 Å². The number of aliphatic imine (C=N–C) groups is 1. The van der Waals surface area contributed by atoms with Gasteiger partial charge < -0.3 is 4.74 Å². The van der Waals surface area contributed by atoms with Crippen molar-refractivity contribution in [3.05, 3.63) is 41.1 Å². The maximum atomic E-state index is 12.7. The van der Waals surface area contributed by atoms with Crippen LogP contribution in [0.2, 0.25) is 0 Å². The molecule has 1 aromatic carbocycles. The Labute approximate surface area is 154 Å². The van der Waals surface area contributed by atoms with Crippen LogP contribution in [0.15, 0.2) is 45.2 Å². The molecule has 0 aliphatic carbocycles. The van der Waals surface area contributed by atoms with Crippen LogP contribution in [0.1, 0.15) is 32.3 Å². The van der Waals surface area contributed by atoms with Gasteiger partial charge in [-0.15, -0.1) is 0 Å². The van der Waals surface area contributed by atoms with Gasteiger partial charge in [0.1, 0.15) is 22.9 Å². The van der Waals surface area contributed by atoms with Gasteiger partial charge in [-0.25, -0.2) is 9.42 Å². The Kier molecular flexibility index (Phi) is 5.09. The zero-order chi connectivity index (χ0) is 19.6. The Balaban J connectivity index is 2.28. The number of hydrogen-bond acceptors (Lipinski definition) is 8. The summed E-state index contributed by atoms with van der Waals surface area (Å²) in [5.41, 5.74) is 2.64. The lowest BCUT2D eigenvalue weighted by molar-refractivity contribution is -0.146. The Morgan fingerprint density at radius 1 is 1.30 bits per heavy atom. The van der Waals surface area contributed by atoms with E-state index in [1.54, 1.807) is 39.0 Å². The largest absolute Gasteiger partial charge is 0.465 e. The number of nitrogens with zero attached hydrogens (tertiary/aromatic N) is 3. The third-order valence-corrected chi connectivity index (χ3v) is 4.48. The van der Waals surface area contributed by atoms with Crippen molar-refractivity contribution in [2.75, 3.05) is 6.61 Å². The van der Waals surface area contributed by atoms with Crippen LogP contribution >= 0.6 is 0 Å². The molecule has 0 saturated heterocycles. The van der Waals surface area contributed by atoms with E-state index in [1.807, 2.05) is 0 Å². The molecule has 8 nitrogen and oxygen atoms in total. The van der Waals surface area contributed by atoms with Crippen LogP contribution in [-0.4, -0.2) is 40.3 Å². The fraction of sp³-hybridized carbons (Fsp3) is 0.316. The zero-order valence-electron chi connectivity index (χ0n) is 15.1. The van der Waals surface area contributed by atoms with E-state index in [-0.39, 0.29) is 12.2 Å². The SMILES string of the molecule is CCOC(=O)C1C(C)=NC(C)=C(C(=O)C=C=O)C1c1cccc2nonc12. The first-order chi connectivity index (χ1) is 13.0. The van der Waals surface area contributed by atoms with E-state index >= 15 is 0 Å². The molecule has 27 heavy (non-hydrogen) atoms. The number of aromatic nitrogens is 2. The molecule has 0 N–H and O–H groups in total. The molecule has 0 bridgehead atoms. The number of carbonyl (C=O) groups is 2. The normalized spacial score (nSPS) is 19.4. The summed E-state index contributed by atoms with van der Waals surface area (Å²) in [5, 5.41) is 7.74. The monoisotopic (exact) mass is 367 g/mol. The number of hydrogen-bond donors (Lipinski definition) is 0. The number of rotatable bonds is 5. The third kappa shape index (κ3) is 3.22. The molecule has 2 heterocycles. The quantitative estimate of drug-likeness (QED) is 0.452. The summed E-state index contributed by atoms with van der Waals surface area (Å²) < 4.78 is 10.0. The first-order valence-electron chi connectivity index (χ1n) is 8.38. The fourth-order valence-corrected chi connectivity index (χ4v) is 3.44. The lowest BCUT2D eigenvalue weighted by atomic mass is 9.74. The summed E-state index contributed by atoms with van der Waals surface area (Å²) in [6.45, 7) is 5.25. The third-order valence-electron chi connectivity index (χ3n) is 4.48. The second-order valence-corrected chi connectivity index (χ2v) is 6.07. The average Bonchev–Trinajstić information content (AvgIpc) is 3.10. The van der Waals surface area contributed by atoms with Crippen LogP contribution in [0.3, 0.4) is 0 Å². The second kappa shape index (κ2) is 7.47. The maximum absolute atomic E-state index is 12.7. The van der Waals surface area contributed by atoms with Crippen LogP contribution < -0.4 is 0 Å². The standard InChI is InChI=1S/C19H17N3O5/c1-4-26-19(25)16-11(3)20-10(2)15(14(24)8-9-23)17(16)12-6-5-7-13-18(12)22-27-21-13/h5-8,16-17H,4H2,1-3H3. The highest BCUT2D eigenvalue weighted by Crippen LogP contribution is 2.41. The highest BCUT2D eigenvalue weighted by Gasteiger charge is 2.42. The fourth-order valence-electron chi connectivity index (χ4n) is 3.44. The van der Waals surface area contributed by atoms with Crippen LogP contribution in [0.5, 0.6) is 0 Å². The van der Waals surface area contributed by atoms with Crippen molar-refractivity contribution in [1.82, 2.24) is 10.3 Å². The molecule has 0 fully saturated rings. The minimum Gasteiger partial charge on any atom is -0.465 e. The molecule has 3 rings (SSSR count). The van der Waals surface area contributed by atoms with Gasteiger partial charge in [0.25, 0.3) is 0 Å². The first kappa shape index (κ1) is 18.4. The molecule has 0 spiro atoms. The van der Waals surface area contributed by atoms with Crippen molar-refractivity contribution in [3.63, 3.8) is 0 Å². The van der Waals surface area contributed by atoms with Gasteiger partial charge in [0.2, 0.25) is 0 Å². The molecule has 1 aliphatic heterocycles. The van der Waals surface area contributed by atoms with Gasteiger partial charge in [0.15, 0.2) is 5.78 Å². The Bertz CT molecular complexity index is 1030. The highest BCUT2D eigenvalue weighted by molar-refractivity contribution is 6.14. The van der Waals surface area contributed by atoms with Gasteiger partial charge in [-0.05, 0) is 42.7 Å². The molecule has 8 heteroatoms. The van der Waals surface area contributed by atoms with Crippen LogP contribution in [0, 0.1) is 5.92 Å². The molecule has 0 amide bonds. The molecule has 2 aromatic rings. The molecule has 0 saturated carbocycles. The number of allylic oxidation sites excluding steroid dienone is 3. The Hall–Kier alpha value is -3.38. The molecule has 138 valence electrons. The molecule has 2 unspecified atom stereocenters. The number of fused-ring (bicyclic) bond motifs is 1. The zero-order valence-corrected chi connectivity index (χ0v) is 15.1. The molecular weight excluding hydrogens is 350 g/mol. The predicted octanol–water partition coefficient (Wildman–Crippen LogP) is 2.19. The molecular formula is C19H17N3O5. The number of esters is 1. The topological polar surface area (TPSA) is 112 Å². The van der Waals surface area contributed by atoms with Gasteiger partial charge in [0.05, 0.1) is 12.7 Å². The highest BCUT2D eigenvalue weighted by atomic mass is 16.6. The summed E-state index contributed by atoms with van der Waals surface area (Å²) in [5.74, 6) is -1.15. The Morgan fingerprint density at radius 2 is 2.07 bits per heavy atom. The molecule has 0 radical (unpaired) electrons. The second-order valence-electron chi connectivity index (χ2n) is 6.07. The molecule has 2 atom stereocenters.